The van der Waals surface area contributed by atoms with Gasteiger partial charge in [-0.3, -0.25) is 10.2 Å². The lowest BCUT2D eigenvalue weighted by Crippen LogP contribution is -2.39. The molecule has 15 heavy (non-hydrogen) atoms. The van der Waals surface area contributed by atoms with Crippen molar-refractivity contribution in [3.05, 3.63) is 0 Å². The third kappa shape index (κ3) is 2.68. The summed E-state index contributed by atoms with van der Waals surface area (Å²) < 4.78 is 11.2. The van der Waals surface area contributed by atoms with Gasteiger partial charge in [-0.25, -0.2) is 5.84 Å². The minimum absolute atomic E-state index is 0.0629. The van der Waals surface area contributed by atoms with Crippen LogP contribution in [0.3, 0.4) is 0 Å². The smallest absolute Gasteiger partial charge is 0.263 e. The van der Waals surface area contributed by atoms with Crippen molar-refractivity contribution in [1.29, 1.82) is 0 Å². The molecule has 0 aromatic rings. The Morgan fingerprint density at radius 1 is 1.40 bits per heavy atom. The summed E-state index contributed by atoms with van der Waals surface area (Å²) in [6, 6.07) is 0. The van der Waals surface area contributed by atoms with E-state index in [1.165, 1.54) is 19.3 Å². The van der Waals surface area contributed by atoms with Gasteiger partial charge >= 0.3 is 0 Å². The molecule has 2 fully saturated rings. The fraction of sp³-hybridized carbons (Fsp3) is 0.900. The van der Waals surface area contributed by atoms with E-state index in [0.29, 0.717) is 12.7 Å². The lowest BCUT2D eigenvalue weighted by molar-refractivity contribution is -0.134. The molecule has 0 radical (unpaired) electrons. The van der Waals surface area contributed by atoms with Gasteiger partial charge in [-0.1, -0.05) is 0 Å². The Kier molecular flexibility index (Phi) is 3.56. The van der Waals surface area contributed by atoms with Crippen molar-refractivity contribution >= 4 is 5.91 Å². The molecule has 3 N–H and O–H groups in total. The average Bonchev–Trinajstić information content (AvgIpc) is 2.63. The molecule has 2 atom stereocenters. The fourth-order valence-corrected chi connectivity index (χ4v) is 1.89. The molecule has 1 saturated carbocycles. The van der Waals surface area contributed by atoms with E-state index in [9.17, 15) is 4.79 Å². The summed E-state index contributed by atoms with van der Waals surface area (Å²) in [7, 11) is 0. The Labute approximate surface area is 89.3 Å². The summed E-state index contributed by atoms with van der Waals surface area (Å²) in [6.07, 6.45) is 5.33. The topological polar surface area (TPSA) is 73.6 Å². The zero-order valence-electron chi connectivity index (χ0n) is 8.78. The van der Waals surface area contributed by atoms with E-state index in [0.717, 1.165) is 12.8 Å². The second kappa shape index (κ2) is 4.92. The van der Waals surface area contributed by atoms with Crippen LogP contribution in [0.25, 0.3) is 0 Å². The molecule has 2 unspecified atom stereocenters. The normalized spacial score (nSPS) is 31.3. The molecule has 5 nitrogen and oxygen atoms in total. The van der Waals surface area contributed by atoms with Crippen molar-refractivity contribution < 1.29 is 14.3 Å². The van der Waals surface area contributed by atoms with Crippen LogP contribution >= 0.6 is 0 Å². The Morgan fingerprint density at radius 3 is 2.80 bits per heavy atom. The molecule has 1 amide bonds. The van der Waals surface area contributed by atoms with E-state index >= 15 is 0 Å². The first-order valence-electron chi connectivity index (χ1n) is 5.57. The van der Waals surface area contributed by atoms with Gasteiger partial charge in [0.1, 0.15) is 6.10 Å². The number of nitrogens with one attached hydrogen (secondary N) is 1. The first kappa shape index (κ1) is 10.9. The number of amides is 1. The highest BCUT2D eigenvalue weighted by Gasteiger charge is 2.31. The van der Waals surface area contributed by atoms with Crippen molar-refractivity contribution in [3.8, 4) is 0 Å². The SMILES string of the molecule is NNC(=O)C1CCC(COC2CCC2)O1. The molecule has 1 heterocycles. The molecular formula is C10H18N2O3. The molecule has 0 spiro atoms. The molecule has 1 aliphatic heterocycles. The van der Waals surface area contributed by atoms with Gasteiger partial charge in [0.15, 0.2) is 0 Å². The molecule has 5 heteroatoms. The second-order valence-electron chi connectivity index (χ2n) is 4.22. The Hall–Kier alpha value is -0.650. The van der Waals surface area contributed by atoms with E-state index in [1.54, 1.807) is 0 Å². The van der Waals surface area contributed by atoms with Gasteiger partial charge in [-0.2, -0.15) is 0 Å². The highest BCUT2D eigenvalue weighted by atomic mass is 16.5. The lowest BCUT2D eigenvalue weighted by atomic mass is 9.96. The van der Waals surface area contributed by atoms with Crippen molar-refractivity contribution in [2.45, 2.75) is 50.4 Å². The van der Waals surface area contributed by atoms with Gasteiger partial charge in [0.25, 0.3) is 5.91 Å². The molecule has 86 valence electrons. The van der Waals surface area contributed by atoms with Gasteiger partial charge in [-0.15, -0.1) is 0 Å². The van der Waals surface area contributed by atoms with Crippen LogP contribution in [0.5, 0.6) is 0 Å². The maximum absolute atomic E-state index is 11.2. The molecule has 2 aliphatic rings. The summed E-state index contributed by atoms with van der Waals surface area (Å²) in [6.45, 7) is 0.610. The van der Waals surface area contributed by atoms with Crippen molar-refractivity contribution in [2.75, 3.05) is 6.61 Å². The molecule has 2 rings (SSSR count). The number of hydrogen-bond acceptors (Lipinski definition) is 4. The first-order chi connectivity index (χ1) is 7.29. The third-order valence-electron chi connectivity index (χ3n) is 3.11. The fourth-order valence-electron chi connectivity index (χ4n) is 1.89. The summed E-state index contributed by atoms with van der Waals surface area (Å²) in [5.74, 6) is 4.80. The van der Waals surface area contributed by atoms with Gasteiger partial charge in [0.05, 0.1) is 18.8 Å². The number of rotatable bonds is 4. The number of ether oxygens (including phenoxy) is 2. The van der Waals surface area contributed by atoms with Crippen molar-refractivity contribution in [3.63, 3.8) is 0 Å². The number of carbonyl (C=O) groups excluding carboxylic acids is 1. The number of carbonyl (C=O) groups is 1. The molecule has 0 aromatic heterocycles. The van der Waals surface area contributed by atoms with Crippen LogP contribution in [-0.4, -0.2) is 30.8 Å². The van der Waals surface area contributed by atoms with Crippen LogP contribution in [0.2, 0.25) is 0 Å². The standard InChI is InChI=1S/C10H18N2O3/c11-12-10(13)9-5-4-8(15-9)6-14-7-2-1-3-7/h7-9H,1-6,11H2,(H,12,13). The van der Waals surface area contributed by atoms with Crippen LogP contribution in [-0.2, 0) is 14.3 Å². The second-order valence-corrected chi connectivity index (χ2v) is 4.22. The molecular weight excluding hydrogens is 196 g/mol. The van der Waals surface area contributed by atoms with Crippen LogP contribution in [0.15, 0.2) is 0 Å². The quantitative estimate of drug-likeness (QED) is 0.395. The Morgan fingerprint density at radius 2 is 2.20 bits per heavy atom. The monoisotopic (exact) mass is 214 g/mol. The summed E-state index contributed by atoms with van der Waals surface area (Å²) in [5.41, 5.74) is 2.11. The summed E-state index contributed by atoms with van der Waals surface area (Å²) in [5, 5.41) is 0. The lowest BCUT2D eigenvalue weighted by Gasteiger charge is -2.26. The predicted octanol–water partition coefficient (Wildman–Crippen LogP) is 0.0930. The van der Waals surface area contributed by atoms with E-state index in [-0.39, 0.29) is 18.1 Å². The highest BCUT2D eigenvalue weighted by molar-refractivity contribution is 5.80. The van der Waals surface area contributed by atoms with Crippen molar-refractivity contribution in [1.82, 2.24) is 5.43 Å². The minimum Gasteiger partial charge on any atom is -0.376 e. The van der Waals surface area contributed by atoms with E-state index in [2.05, 4.69) is 5.43 Å². The Balaban J connectivity index is 1.65. The number of hydrogen-bond donors (Lipinski definition) is 2. The molecule has 1 saturated heterocycles. The summed E-state index contributed by atoms with van der Waals surface area (Å²) >= 11 is 0. The van der Waals surface area contributed by atoms with Crippen LogP contribution in [0.1, 0.15) is 32.1 Å². The van der Waals surface area contributed by atoms with E-state index < -0.39 is 0 Å². The highest BCUT2D eigenvalue weighted by Crippen LogP contribution is 2.25. The van der Waals surface area contributed by atoms with Crippen LogP contribution in [0.4, 0.5) is 0 Å². The van der Waals surface area contributed by atoms with Crippen molar-refractivity contribution in [2.24, 2.45) is 5.84 Å². The largest absolute Gasteiger partial charge is 0.376 e. The van der Waals surface area contributed by atoms with Gasteiger partial charge in [-0.05, 0) is 32.1 Å². The Bertz CT molecular complexity index is 231. The zero-order valence-corrected chi connectivity index (χ0v) is 8.78. The molecule has 0 bridgehead atoms. The van der Waals surface area contributed by atoms with E-state index in [4.69, 9.17) is 15.3 Å². The maximum Gasteiger partial charge on any atom is 0.263 e. The van der Waals surface area contributed by atoms with E-state index in [1.807, 2.05) is 0 Å². The maximum atomic E-state index is 11.2. The zero-order chi connectivity index (χ0) is 10.7. The predicted molar refractivity (Wildman–Crippen MR) is 53.8 cm³/mol. The number of nitrogens with two attached hydrogens (primary N) is 1. The van der Waals surface area contributed by atoms with Gasteiger partial charge in [0.2, 0.25) is 0 Å². The van der Waals surface area contributed by atoms with Crippen LogP contribution in [0, 0.1) is 0 Å². The third-order valence-corrected chi connectivity index (χ3v) is 3.11. The first-order valence-corrected chi connectivity index (χ1v) is 5.57. The van der Waals surface area contributed by atoms with Gasteiger partial charge < -0.3 is 9.47 Å². The summed E-state index contributed by atoms with van der Waals surface area (Å²) in [4.78, 5) is 11.2. The molecule has 1 aliphatic carbocycles. The van der Waals surface area contributed by atoms with Crippen LogP contribution < -0.4 is 11.3 Å². The van der Waals surface area contributed by atoms with Gasteiger partial charge in [0, 0.05) is 0 Å². The molecule has 0 aromatic carbocycles. The average molecular weight is 214 g/mol. The minimum atomic E-state index is -0.384. The number of hydrazine groups is 1.